The summed E-state index contributed by atoms with van der Waals surface area (Å²) >= 11 is 3.58. The van der Waals surface area contributed by atoms with Crippen LogP contribution in [0.25, 0.3) is 0 Å². The average molecular weight is 329 g/mol. The Morgan fingerprint density at radius 1 is 1.37 bits per heavy atom. The Morgan fingerprint density at radius 2 is 2.11 bits per heavy atom. The van der Waals surface area contributed by atoms with Crippen LogP contribution in [-0.4, -0.2) is 29.1 Å². The van der Waals surface area contributed by atoms with Gasteiger partial charge in [-0.05, 0) is 42.6 Å². The van der Waals surface area contributed by atoms with Crippen molar-refractivity contribution in [3.05, 3.63) is 10.7 Å². The summed E-state index contributed by atoms with van der Waals surface area (Å²) in [5.74, 6) is 1.69. The highest BCUT2D eigenvalue weighted by atomic mass is 79.9. The maximum atomic E-state index is 4.64. The standard InChI is InChI=1S/C14H25BrN4/c1-5-8-9-19(11(4)6-2)13-12(15)10-17-14(18-13)16-7-3/h10-11H,5-9H2,1-4H3,(H,16,17,18). The van der Waals surface area contributed by atoms with Gasteiger partial charge in [0.05, 0.1) is 4.47 Å². The lowest BCUT2D eigenvalue weighted by Crippen LogP contribution is -2.34. The van der Waals surface area contributed by atoms with E-state index >= 15 is 0 Å². The van der Waals surface area contributed by atoms with E-state index in [1.165, 1.54) is 12.8 Å². The Kier molecular flexibility index (Phi) is 7.13. The second-order valence-electron chi connectivity index (χ2n) is 4.70. The molecule has 0 aromatic carbocycles. The number of rotatable bonds is 8. The van der Waals surface area contributed by atoms with Crippen LogP contribution in [0.5, 0.6) is 0 Å². The minimum absolute atomic E-state index is 0.479. The van der Waals surface area contributed by atoms with Gasteiger partial charge in [-0.25, -0.2) is 4.98 Å². The monoisotopic (exact) mass is 328 g/mol. The number of aromatic nitrogens is 2. The van der Waals surface area contributed by atoms with E-state index in [0.717, 1.165) is 29.8 Å². The van der Waals surface area contributed by atoms with E-state index in [1.807, 2.05) is 6.20 Å². The second-order valence-corrected chi connectivity index (χ2v) is 5.55. The van der Waals surface area contributed by atoms with Crippen molar-refractivity contribution < 1.29 is 0 Å². The molecule has 0 fully saturated rings. The highest BCUT2D eigenvalue weighted by molar-refractivity contribution is 9.10. The normalized spacial score (nSPS) is 12.3. The zero-order valence-corrected chi connectivity index (χ0v) is 14.0. The molecule has 0 amide bonds. The van der Waals surface area contributed by atoms with E-state index in [-0.39, 0.29) is 0 Å². The van der Waals surface area contributed by atoms with E-state index in [9.17, 15) is 0 Å². The van der Waals surface area contributed by atoms with Crippen LogP contribution in [0, 0.1) is 0 Å². The molecule has 4 nitrogen and oxygen atoms in total. The van der Waals surface area contributed by atoms with Crippen molar-refractivity contribution in [3.8, 4) is 0 Å². The van der Waals surface area contributed by atoms with E-state index in [0.29, 0.717) is 12.0 Å². The summed E-state index contributed by atoms with van der Waals surface area (Å²) in [5, 5.41) is 3.17. The van der Waals surface area contributed by atoms with Gasteiger partial charge in [-0.1, -0.05) is 20.3 Å². The minimum Gasteiger partial charge on any atom is -0.354 e. The number of hydrogen-bond donors (Lipinski definition) is 1. The summed E-state index contributed by atoms with van der Waals surface area (Å²) in [6.07, 6.45) is 5.31. The highest BCUT2D eigenvalue weighted by Crippen LogP contribution is 2.27. The largest absolute Gasteiger partial charge is 0.354 e. The molecule has 108 valence electrons. The van der Waals surface area contributed by atoms with Crippen LogP contribution >= 0.6 is 15.9 Å². The Hall–Kier alpha value is -0.840. The minimum atomic E-state index is 0.479. The Morgan fingerprint density at radius 3 is 2.68 bits per heavy atom. The molecule has 1 N–H and O–H groups in total. The third-order valence-electron chi connectivity index (χ3n) is 3.21. The van der Waals surface area contributed by atoms with Gasteiger partial charge in [0, 0.05) is 25.3 Å². The van der Waals surface area contributed by atoms with Crippen molar-refractivity contribution in [1.29, 1.82) is 0 Å². The van der Waals surface area contributed by atoms with Gasteiger partial charge in [-0.15, -0.1) is 0 Å². The topological polar surface area (TPSA) is 41.1 Å². The highest BCUT2D eigenvalue weighted by Gasteiger charge is 2.17. The van der Waals surface area contributed by atoms with Gasteiger partial charge in [0.15, 0.2) is 0 Å². The van der Waals surface area contributed by atoms with Crippen LogP contribution in [0.4, 0.5) is 11.8 Å². The van der Waals surface area contributed by atoms with E-state index < -0.39 is 0 Å². The maximum absolute atomic E-state index is 4.64. The molecule has 0 saturated carbocycles. The van der Waals surface area contributed by atoms with Gasteiger partial charge in [-0.3, -0.25) is 0 Å². The van der Waals surface area contributed by atoms with Crippen LogP contribution in [0.2, 0.25) is 0 Å². The van der Waals surface area contributed by atoms with E-state index in [2.05, 4.69) is 63.8 Å². The van der Waals surface area contributed by atoms with Gasteiger partial charge in [0.2, 0.25) is 5.95 Å². The smallest absolute Gasteiger partial charge is 0.224 e. The van der Waals surface area contributed by atoms with Gasteiger partial charge < -0.3 is 10.2 Å². The van der Waals surface area contributed by atoms with Crippen molar-refractivity contribution in [3.63, 3.8) is 0 Å². The van der Waals surface area contributed by atoms with Crippen molar-refractivity contribution in [1.82, 2.24) is 9.97 Å². The summed E-state index contributed by atoms with van der Waals surface area (Å²) in [5.41, 5.74) is 0. The molecule has 0 aliphatic carbocycles. The average Bonchev–Trinajstić information content (AvgIpc) is 2.42. The van der Waals surface area contributed by atoms with Crippen molar-refractivity contribution in [2.24, 2.45) is 0 Å². The number of nitrogens with one attached hydrogen (secondary N) is 1. The van der Waals surface area contributed by atoms with E-state index in [4.69, 9.17) is 0 Å². The fraction of sp³-hybridized carbons (Fsp3) is 0.714. The zero-order valence-electron chi connectivity index (χ0n) is 12.4. The molecule has 1 unspecified atom stereocenters. The molecule has 19 heavy (non-hydrogen) atoms. The molecule has 0 radical (unpaired) electrons. The van der Waals surface area contributed by atoms with Gasteiger partial charge >= 0.3 is 0 Å². The van der Waals surface area contributed by atoms with Crippen LogP contribution in [0.3, 0.4) is 0 Å². The first-order chi connectivity index (χ1) is 9.13. The Bertz CT molecular complexity index is 384. The van der Waals surface area contributed by atoms with Crippen LogP contribution in [-0.2, 0) is 0 Å². The van der Waals surface area contributed by atoms with Crippen LogP contribution in [0.1, 0.15) is 47.0 Å². The predicted molar refractivity (Wildman–Crippen MR) is 85.9 cm³/mol. The Labute approximate surface area is 125 Å². The molecule has 0 aliphatic rings. The molecule has 1 heterocycles. The Balaban J connectivity index is 3.01. The number of halogens is 1. The number of anilines is 2. The maximum Gasteiger partial charge on any atom is 0.224 e. The summed E-state index contributed by atoms with van der Waals surface area (Å²) in [6, 6.07) is 0.479. The lowest BCUT2D eigenvalue weighted by atomic mass is 10.2. The summed E-state index contributed by atoms with van der Waals surface area (Å²) in [6.45, 7) is 10.6. The molecule has 0 spiro atoms. The molecule has 0 aliphatic heterocycles. The van der Waals surface area contributed by atoms with Crippen molar-refractivity contribution in [2.75, 3.05) is 23.3 Å². The van der Waals surface area contributed by atoms with Gasteiger partial charge in [0.25, 0.3) is 0 Å². The fourth-order valence-electron chi connectivity index (χ4n) is 1.89. The fourth-order valence-corrected chi connectivity index (χ4v) is 2.31. The molecular formula is C14H25BrN4. The first kappa shape index (κ1) is 16.2. The number of unbranched alkanes of at least 4 members (excludes halogenated alkanes) is 1. The van der Waals surface area contributed by atoms with Gasteiger partial charge in [0.1, 0.15) is 5.82 Å². The summed E-state index contributed by atoms with van der Waals surface area (Å²) in [4.78, 5) is 11.3. The second kappa shape index (κ2) is 8.35. The first-order valence-corrected chi connectivity index (χ1v) is 7.96. The molecule has 1 atom stereocenters. The molecular weight excluding hydrogens is 304 g/mol. The quantitative estimate of drug-likeness (QED) is 0.780. The molecule has 0 bridgehead atoms. The molecule has 1 aromatic heterocycles. The van der Waals surface area contributed by atoms with Crippen molar-refractivity contribution in [2.45, 2.75) is 53.0 Å². The first-order valence-electron chi connectivity index (χ1n) is 7.17. The summed E-state index contributed by atoms with van der Waals surface area (Å²) < 4.78 is 0.963. The molecule has 1 rings (SSSR count). The SMILES string of the molecule is CCCCN(c1nc(NCC)ncc1Br)C(C)CC. The summed E-state index contributed by atoms with van der Waals surface area (Å²) in [7, 11) is 0. The molecule has 1 aromatic rings. The molecule has 0 saturated heterocycles. The van der Waals surface area contributed by atoms with Gasteiger partial charge in [-0.2, -0.15) is 4.98 Å². The molecule has 5 heteroatoms. The lowest BCUT2D eigenvalue weighted by Gasteiger charge is -2.30. The predicted octanol–water partition coefficient (Wildman–Crippen LogP) is 4.08. The van der Waals surface area contributed by atoms with Crippen LogP contribution < -0.4 is 10.2 Å². The number of hydrogen-bond acceptors (Lipinski definition) is 4. The third-order valence-corrected chi connectivity index (χ3v) is 3.77. The third kappa shape index (κ3) is 4.64. The van der Waals surface area contributed by atoms with Crippen LogP contribution in [0.15, 0.2) is 10.7 Å². The van der Waals surface area contributed by atoms with Crippen molar-refractivity contribution >= 4 is 27.7 Å². The zero-order chi connectivity index (χ0) is 14.3. The number of nitrogens with zero attached hydrogens (tertiary/aromatic N) is 3. The van der Waals surface area contributed by atoms with E-state index in [1.54, 1.807) is 0 Å². The lowest BCUT2D eigenvalue weighted by molar-refractivity contribution is 0.588.